The maximum absolute atomic E-state index is 11.0. The van der Waals surface area contributed by atoms with Gasteiger partial charge < -0.3 is 10.5 Å². The fourth-order valence-corrected chi connectivity index (χ4v) is 1.70. The Balaban J connectivity index is 2.45. The van der Waals surface area contributed by atoms with Crippen molar-refractivity contribution in [3.63, 3.8) is 0 Å². The van der Waals surface area contributed by atoms with Crippen LogP contribution in [0.2, 0.25) is 0 Å². The first-order valence-electron chi connectivity index (χ1n) is 5.76. The van der Waals surface area contributed by atoms with Gasteiger partial charge in [-0.25, -0.2) is 0 Å². The minimum atomic E-state index is -0.471. The summed E-state index contributed by atoms with van der Waals surface area (Å²) in [5.74, 6) is 0.621. The van der Waals surface area contributed by atoms with Crippen molar-refractivity contribution in [1.29, 1.82) is 0 Å². The van der Waals surface area contributed by atoms with E-state index in [0.717, 1.165) is 11.1 Å². The lowest BCUT2D eigenvalue weighted by Gasteiger charge is -2.10. The molecule has 2 aromatic carbocycles. The minimum absolute atomic E-state index is 0.0773. The number of nitrogens with two attached hydrogens (primary N) is 1. The second kappa shape index (κ2) is 4.97. The SMILES string of the molecule is Cc1ccc(N)c(Oc2cc(C)ccc2[N+](=O)[O-])c1. The Labute approximate surface area is 110 Å². The van der Waals surface area contributed by atoms with E-state index in [1.807, 2.05) is 19.9 Å². The second-order valence-electron chi connectivity index (χ2n) is 4.37. The number of nitrogen functional groups attached to an aromatic ring is 1. The van der Waals surface area contributed by atoms with E-state index < -0.39 is 4.92 Å². The lowest BCUT2D eigenvalue weighted by atomic mass is 10.2. The monoisotopic (exact) mass is 258 g/mol. The lowest BCUT2D eigenvalue weighted by molar-refractivity contribution is -0.385. The van der Waals surface area contributed by atoms with Crippen molar-refractivity contribution in [3.8, 4) is 11.5 Å². The number of hydrogen-bond acceptors (Lipinski definition) is 4. The zero-order chi connectivity index (χ0) is 14.0. The number of hydrogen-bond donors (Lipinski definition) is 1. The summed E-state index contributed by atoms with van der Waals surface area (Å²) >= 11 is 0. The van der Waals surface area contributed by atoms with E-state index in [2.05, 4.69) is 0 Å². The van der Waals surface area contributed by atoms with Crippen molar-refractivity contribution < 1.29 is 9.66 Å². The topological polar surface area (TPSA) is 78.4 Å². The standard InChI is InChI=1S/C14H14N2O3/c1-9-3-5-11(15)13(7-9)19-14-8-10(2)4-6-12(14)16(17)18/h3-8H,15H2,1-2H3. The summed E-state index contributed by atoms with van der Waals surface area (Å²) in [4.78, 5) is 10.5. The minimum Gasteiger partial charge on any atom is -0.448 e. The molecule has 98 valence electrons. The van der Waals surface area contributed by atoms with Crippen LogP contribution in [0.3, 0.4) is 0 Å². The lowest BCUT2D eigenvalue weighted by Crippen LogP contribution is -1.97. The maximum atomic E-state index is 11.0. The maximum Gasteiger partial charge on any atom is 0.311 e. The summed E-state index contributed by atoms with van der Waals surface area (Å²) in [6.07, 6.45) is 0. The van der Waals surface area contributed by atoms with Crippen LogP contribution in [-0.4, -0.2) is 4.92 Å². The summed E-state index contributed by atoms with van der Waals surface area (Å²) in [6.45, 7) is 3.74. The van der Waals surface area contributed by atoms with Crippen molar-refractivity contribution in [2.45, 2.75) is 13.8 Å². The van der Waals surface area contributed by atoms with E-state index in [1.165, 1.54) is 6.07 Å². The number of aryl methyl sites for hydroxylation is 2. The number of ether oxygens (including phenoxy) is 1. The van der Waals surface area contributed by atoms with Crippen LogP contribution in [0, 0.1) is 24.0 Å². The fraction of sp³-hybridized carbons (Fsp3) is 0.143. The van der Waals surface area contributed by atoms with Crippen LogP contribution in [-0.2, 0) is 0 Å². The molecule has 0 bridgehead atoms. The zero-order valence-electron chi connectivity index (χ0n) is 10.7. The van der Waals surface area contributed by atoms with Crippen molar-refractivity contribution in [3.05, 3.63) is 57.6 Å². The van der Waals surface area contributed by atoms with Gasteiger partial charge in [0.05, 0.1) is 10.6 Å². The molecule has 5 nitrogen and oxygen atoms in total. The van der Waals surface area contributed by atoms with Crippen LogP contribution in [0.5, 0.6) is 11.5 Å². The Morgan fingerprint density at radius 2 is 1.63 bits per heavy atom. The highest BCUT2D eigenvalue weighted by molar-refractivity contribution is 5.58. The summed E-state index contributed by atoms with van der Waals surface area (Å²) < 4.78 is 5.60. The zero-order valence-corrected chi connectivity index (χ0v) is 10.7. The molecule has 0 aromatic heterocycles. The smallest absolute Gasteiger partial charge is 0.311 e. The summed E-state index contributed by atoms with van der Waals surface area (Å²) in [7, 11) is 0. The van der Waals surface area contributed by atoms with E-state index in [9.17, 15) is 10.1 Å². The van der Waals surface area contributed by atoms with Crippen LogP contribution in [0.25, 0.3) is 0 Å². The molecule has 2 rings (SSSR count). The summed E-state index contributed by atoms with van der Waals surface area (Å²) in [5.41, 5.74) is 8.03. The van der Waals surface area contributed by atoms with Gasteiger partial charge >= 0.3 is 5.69 Å². The van der Waals surface area contributed by atoms with Crippen LogP contribution >= 0.6 is 0 Å². The Morgan fingerprint density at radius 3 is 2.26 bits per heavy atom. The number of nitrogens with zero attached hydrogens (tertiary/aromatic N) is 1. The van der Waals surface area contributed by atoms with E-state index in [1.54, 1.807) is 24.3 Å². The van der Waals surface area contributed by atoms with Gasteiger partial charge in [-0.1, -0.05) is 12.1 Å². The Hall–Kier alpha value is -2.56. The molecule has 0 saturated carbocycles. The molecule has 0 aliphatic carbocycles. The van der Waals surface area contributed by atoms with E-state index in [4.69, 9.17) is 10.5 Å². The van der Waals surface area contributed by atoms with Crippen molar-refractivity contribution in [1.82, 2.24) is 0 Å². The van der Waals surface area contributed by atoms with Crippen molar-refractivity contribution >= 4 is 11.4 Å². The molecule has 0 radical (unpaired) electrons. The van der Waals surface area contributed by atoms with Gasteiger partial charge in [0.15, 0.2) is 5.75 Å². The fourth-order valence-electron chi connectivity index (χ4n) is 1.70. The highest BCUT2D eigenvalue weighted by atomic mass is 16.6. The highest BCUT2D eigenvalue weighted by Crippen LogP contribution is 2.34. The van der Waals surface area contributed by atoms with Gasteiger partial charge in [-0.15, -0.1) is 0 Å². The largest absolute Gasteiger partial charge is 0.448 e. The molecule has 0 saturated heterocycles. The van der Waals surface area contributed by atoms with Gasteiger partial charge in [-0.3, -0.25) is 10.1 Å². The van der Waals surface area contributed by atoms with Crippen molar-refractivity contribution in [2.24, 2.45) is 0 Å². The first kappa shape index (κ1) is 12.9. The van der Waals surface area contributed by atoms with Gasteiger partial charge in [0, 0.05) is 6.07 Å². The van der Waals surface area contributed by atoms with Crippen LogP contribution < -0.4 is 10.5 Å². The third-order valence-corrected chi connectivity index (χ3v) is 2.70. The quantitative estimate of drug-likeness (QED) is 0.518. The molecule has 0 aliphatic rings. The van der Waals surface area contributed by atoms with Crippen LogP contribution in [0.1, 0.15) is 11.1 Å². The van der Waals surface area contributed by atoms with Gasteiger partial charge in [0.1, 0.15) is 0 Å². The molecule has 0 heterocycles. The Bertz CT molecular complexity index is 639. The number of anilines is 1. The number of rotatable bonds is 3. The molecular formula is C14H14N2O3. The van der Waals surface area contributed by atoms with E-state index >= 15 is 0 Å². The molecule has 5 heteroatoms. The van der Waals surface area contributed by atoms with E-state index in [-0.39, 0.29) is 11.4 Å². The van der Waals surface area contributed by atoms with Gasteiger partial charge in [-0.2, -0.15) is 0 Å². The summed E-state index contributed by atoms with van der Waals surface area (Å²) in [6, 6.07) is 10.0. The molecule has 0 fully saturated rings. The molecule has 2 N–H and O–H groups in total. The molecule has 0 amide bonds. The molecule has 19 heavy (non-hydrogen) atoms. The number of benzene rings is 2. The molecule has 0 unspecified atom stereocenters. The molecule has 0 spiro atoms. The highest BCUT2D eigenvalue weighted by Gasteiger charge is 2.16. The molecule has 0 aliphatic heterocycles. The number of nitro groups is 1. The normalized spacial score (nSPS) is 10.2. The first-order valence-corrected chi connectivity index (χ1v) is 5.76. The molecule has 0 atom stereocenters. The van der Waals surface area contributed by atoms with E-state index in [0.29, 0.717) is 11.4 Å². The average Bonchev–Trinajstić information content (AvgIpc) is 2.33. The predicted octanol–water partition coefficient (Wildman–Crippen LogP) is 3.59. The van der Waals surface area contributed by atoms with Crippen LogP contribution in [0.15, 0.2) is 36.4 Å². The average molecular weight is 258 g/mol. The summed E-state index contributed by atoms with van der Waals surface area (Å²) in [5, 5.41) is 11.0. The molecule has 2 aromatic rings. The molecular weight excluding hydrogens is 244 g/mol. The second-order valence-corrected chi connectivity index (χ2v) is 4.37. The van der Waals surface area contributed by atoms with Gasteiger partial charge in [0.25, 0.3) is 0 Å². The number of nitro benzene ring substituents is 1. The predicted molar refractivity (Wildman–Crippen MR) is 73.5 cm³/mol. The Morgan fingerprint density at radius 1 is 1.05 bits per heavy atom. The third-order valence-electron chi connectivity index (χ3n) is 2.70. The van der Waals surface area contributed by atoms with Gasteiger partial charge in [-0.05, 0) is 43.2 Å². The third kappa shape index (κ3) is 2.82. The van der Waals surface area contributed by atoms with Crippen molar-refractivity contribution in [2.75, 3.05) is 5.73 Å². The first-order chi connectivity index (χ1) is 8.97. The van der Waals surface area contributed by atoms with Crippen LogP contribution in [0.4, 0.5) is 11.4 Å². The van der Waals surface area contributed by atoms with Gasteiger partial charge in [0.2, 0.25) is 5.75 Å². The Kier molecular flexibility index (Phi) is 3.37.